The number of methoxy groups -OCH3 is 1. The largest absolute Gasteiger partial charge is 0.475 e. The van der Waals surface area contributed by atoms with Crippen LogP contribution in [0.1, 0.15) is 22.6 Å². The fraction of sp³-hybridized carbons (Fsp3) is 0.280. The lowest BCUT2D eigenvalue weighted by molar-refractivity contribution is 0.143. The van der Waals surface area contributed by atoms with E-state index in [1.807, 2.05) is 24.3 Å². The molecule has 6 nitrogen and oxygen atoms in total. The molecule has 3 rings (SSSR count). The maximum Gasteiger partial charge on any atom is 0.213 e. The summed E-state index contributed by atoms with van der Waals surface area (Å²) in [5.41, 5.74) is 3.58. The summed E-state index contributed by atoms with van der Waals surface area (Å²) < 4.78 is 10.5. The first-order chi connectivity index (χ1) is 15.3. The van der Waals surface area contributed by atoms with Crippen molar-refractivity contribution in [2.45, 2.75) is 12.5 Å². The van der Waals surface area contributed by atoms with Crippen LogP contribution in [0.15, 0.2) is 84.0 Å². The first-order valence-electron chi connectivity index (χ1n) is 10.4. The highest BCUT2D eigenvalue weighted by Crippen LogP contribution is 2.23. The lowest BCUT2D eigenvalue weighted by atomic mass is 9.91. The van der Waals surface area contributed by atoms with Gasteiger partial charge >= 0.3 is 0 Å². The van der Waals surface area contributed by atoms with Gasteiger partial charge in [0.1, 0.15) is 6.61 Å². The van der Waals surface area contributed by atoms with E-state index in [4.69, 9.17) is 9.47 Å². The van der Waals surface area contributed by atoms with Crippen molar-refractivity contribution in [2.24, 2.45) is 4.99 Å². The first-order valence-corrected chi connectivity index (χ1v) is 10.4. The van der Waals surface area contributed by atoms with Gasteiger partial charge in [-0.3, -0.25) is 4.99 Å². The molecule has 0 saturated heterocycles. The van der Waals surface area contributed by atoms with Crippen LogP contribution < -0.4 is 15.4 Å². The number of benzene rings is 2. The summed E-state index contributed by atoms with van der Waals surface area (Å²) in [6.07, 6.45) is 1.80. The molecule has 162 valence electrons. The second-order valence-electron chi connectivity index (χ2n) is 7.03. The zero-order valence-corrected chi connectivity index (χ0v) is 18.1. The quantitative estimate of drug-likeness (QED) is 0.299. The summed E-state index contributed by atoms with van der Waals surface area (Å²) in [6.45, 7) is 2.38. The van der Waals surface area contributed by atoms with Gasteiger partial charge in [-0.25, -0.2) is 4.98 Å². The maximum absolute atomic E-state index is 5.50. The van der Waals surface area contributed by atoms with Crippen molar-refractivity contribution in [1.29, 1.82) is 0 Å². The Kier molecular flexibility index (Phi) is 8.88. The van der Waals surface area contributed by atoms with Crippen LogP contribution in [0, 0.1) is 0 Å². The van der Waals surface area contributed by atoms with Crippen molar-refractivity contribution in [2.75, 3.05) is 33.9 Å². The summed E-state index contributed by atoms with van der Waals surface area (Å²) in [6, 6.07) is 24.9. The van der Waals surface area contributed by atoms with Crippen molar-refractivity contribution >= 4 is 5.96 Å². The summed E-state index contributed by atoms with van der Waals surface area (Å²) in [5.74, 6) is 1.57. The van der Waals surface area contributed by atoms with Crippen LogP contribution in [-0.2, 0) is 11.3 Å². The molecule has 1 aromatic heterocycles. The van der Waals surface area contributed by atoms with Gasteiger partial charge in [-0.05, 0) is 16.7 Å². The molecule has 1 heterocycles. The Hall–Kier alpha value is -3.38. The molecule has 2 N–H and O–H groups in total. The molecule has 0 fully saturated rings. The van der Waals surface area contributed by atoms with Crippen LogP contribution in [0.3, 0.4) is 0 Å². The summed E-state index contributed by atoms with van der Waals surface area (Å²) in [4.78, 5) is 8.70. The van der Waals surface area contributed by atoms with Crippen LogP contribution in [0.2, 0.25) is 0 Å². The monoisotopic (exact) mass is 418 g/mol. The molecule has 0 aliphatic heterocycles. The average molecular weight is 419 g/mol. The number of rotatable bonds is 10. The zero-order chi connectivity index (χ0) is 21.7. The number of hydrogen-bond donors (Lipinski definition) is 2. The second-order valence-corrected chi connectivity index (χ2v) is 7.03. The van der Waals surface area contributed by atoms with Crippen molar-refractivity contribution < 1.29 is 9.47 Å². The highest BCUT2D eigenvalue weighted by molar-refractivity contribution is 5.79. The van der Waals surface area contributed by atoms with E-state index < -0.39 is 0 Å². The van der Waals surface area contributed by atoms with E-state index in [1.54, 1.807) is 20.4 Å². The number of nitrogens with one attached hydrogen (secondary N) is 2. The van der Waals surface area contributed by atoms with Crippen LogP contribution >= 0.6 is 0 Å². The predicted octanol–water partition coefficient (Wildman–Crippen LogP) is 3.60. The minimum atomic E-state index is 0.228. The molecular formula is C25H30N4O2. The molecule has 0 amide bonds. The minimum Gasteiger partial charge on any atom is -0.475 e. The van der Waals surface area contributed by atoms with Crippen LogP contribution in [0.5, 0.6) is 5.88 Å². The molecule has 0 radical (unpaired) electrons. The van der Waals surface area contributed by atoms with Gasteiger partial charge in [0.2, 0.25) is 5.88 Å². The molecule has 0 unspecified atom stereocenters. The highest BCUT2D eigenvalue weighted by atomic mass is 16.5. The van der Waals surface area contributed by atoms with Gasteiger partial charge in [0.15, 0.2) is 5.96 Å². The van der Waals surface area contributed by atoms with Crippen LogP contribution in [-0.4, -0.2) is 44.9 Å². The number of aliphatic imine (C=N–C) groups is 1. The molecule has 31 heavy (non-hydrogen) atoms. The van der Waals surface area contributed by atoms with Crippen LogP contribution in [0.4, 0.5) is 0 Å². The molecule has 0 saturated carbocycles. The van der Waals surface area contributed by atoms with Crippen molar-refractivity contribution in [1.82, 2.24) is 15.6 Å². The molecule has 6 heteroatoms. The first kappa shape index (κ1) is 22.3. The number of ether oxygens (including phenoxy) is 2. The van der Waals surface area contributed by atoms with E-state index in [1.165, 1.54) is 11.1 Å². The molecule has 2 aromatic carbocycles. The van der Waals surface area contributed by atoms with Gasteiger partial charge < -0.3 is 20.1 Å². The summed E-state index contributed by atoms with van der Waals surface area (Å²) in [5, 5.41) is 6.82. The van der Waals surface area contributed by atoms with Gasteiger partial charge in [-0.1, -0.05) is 66.7 Å². The SMILES string of the molecule is CN=C(NCc1ccc(OCCOC)nc1)NCC(c1ccccc1)c1ccccc1. The maximum atomic E-state index is 5.50. The molecule has 3 aromatic rings. The highest BCUT2D eigenvalue weighted by Gasteiger charge is 2.14. The fourth-order valence-corrected chi connectivity index (χ4v) is 3.23. The van der Waals surface area contributed by atoms with Crippen molar-refractivity contribution in [3.05, 3.63) is 95.7 Å². The van der Waals surface area contributed by atoms with E-state index in [-0.39, 0.29) is 5.92 Å². The summed E-state index contributed by atoms with van der Waals surface area (Å²) >= 11 is 0. The summed E-state index contributed by atoms with van der Waals surface area (Å²) in [7, 11) is 3.43. The minimum absolute atomic E-state index is 0.228. The Morgan fingerprint density at radius 3 is 2.13 bits per heavy atom. The molecule has 0 spiro atoms. The van der Waals surface area contributed by atoms with E-state index in [0.29, 0.717) is 25.6 Å². The second kappa shape index (κ2) is 12.3. The van der Waals surface area contributed by atoms with Crippen LogP contribution in [0.25, 0.3) is 0 Å². The van der Waals surface area contributed by atoms with E-state index in [2.05, 4.69) is 69.1 Å². The lowest BCUT2D eigenvalue weighted by Gasteiger charge is -2.20. The third-order valence-electron chi connectivity index (χ3n) is 4.90. The van der Waals surface area contributed by atoms with Gasteiger partial charge in [0, 0.05) is 45.4 Å². The standard InChI is InChI=1S/C25H30N4O2/c1-26-25(28-18-20-13-14-24(27-17-20)31-16-15-30-2)29-19-23(21-9-5-3-6-10-21)22-11-7-4-8-12-22/h3-14,17,23H,15-16,18-19H2,1-2H3,(H2,26,28,29). The molecular weight excluding hydrogens is 388 g/mol. The Labute approximate surface area is 184 Å². The van der Waals surface area contributed by atoms with E-state index in [9.17, 15) is 0 Å². The average Bonchev–Trinajstić information content (AvgIpc) is 2.83. The smallest absolute Gasteiger partial charge is 0.213 e. The Morgan fingerprint density at radius 2 is 1.58 bits per heavy atom. The van der Waals surface area contributed by atoms with Gasteiger partial charge in [0.25, 0.3) is 0 Å². The number of hydrogen-bond acceptors (Lipinski definition) is 4. The molecule has 0 aliphatic carbocycles. The third-order valence-corrected chi connectivity index (χ3v) is 4.90. The van der Waals surface area contributed by atoms with Crippen molar-refractivity contribution in [3.8, 4) is 5.88 Å². The van der Waals surface area contributed by atoms with Crippen molar-refractivity contribution in [3.63, 3.8) is 0 Å². The Bertz CT molecular complexity index is 876. The fourth-order valence-electron chi connectivity index (χ4n) is 3.23. The normalized spacial score (nSPS) is 11.4. The topological polar surface area (TPSA) is 67.8 Å². The van der Waals surface area contributed by atoms with Gasteiger partial charge in [-0.2, -0.15) is 0 Å². The van der Waals surface area contributed by atoms with Gasteiger partial charge in [-0.15, -0.1) is 0 Å². The molecule has 0 bridgehead atoms. The number of pyridine rings is 1. The Balaban J connectivity index is 1.56. The number of nitrogens with zero attached hydrogens (tertiary/aromatic N) is 2. The molecule has 0 aliphatic rings. The zero-order valence-electron chi connectivity index (χ0n) is 18.1. The Morgan fingerprint density at radius 1 is 0.903 bits per heavy atom. The lowest BCUT2D eigenvalue weighted by Crippen LogP contribution is -2.39. The predicted molar refractivity (Wildman–Crippen MR) is 125 cm³/mol. The molecule has 0 atom stereocenters. The third kappa shape index (κ3) is 7.12. The van der Waals surface area contributed by atoms with E-state index >= 15 is 0 Å². The van der Waals surface area contributed by atoms with Gasteiger partial charge in [0.05, 0.1) is 6.61 Å². The number of aromatic nitrogens is 1. The van der Waals surface area contributed by atoms with E-state index in [0.717, 1.165) is 18.1 Å². The number of guanidine groups is 1.